The van der Waals surface area contributed by atoms with Crippen LogP contribution in [0.15, 0.2) is 106 Å². The molecule has 4 rings (SSSR count). The lowest BCUT2D eigenvalue weighted by Crippen LogP contribution is -2.16. The van der Waals surface area contributed by atoms with Crippen molar-refractivity contribution in [2.75, 3.05) is 5.73 Å². The number of hydrogen-bond acceptors (Lipinski definition) is 5. The lowest BCUT2D eigenvalue weighted by molar-refractivity contribution is 0.581. The highest BCUT2D eigenvalue weighted by Crippen LogP contribution is 2.40. The Labute approximate surface area is 167 Å². The lowest BCUT2D eigenvalue weighted by Gasteiger charge is -2.06. The van der Waals surface area contributed by atoms with Crippen molar-refractivity contribution in [1.82, 2.24) is 9.19 Å². The number of anilines is 1. The molecule has 0 saturated heterocycles. The van der Waals surface area contributed by atoms with E-state index >= 15 is 0 Å². The Morgan fingerprint density at radius 3 is 1.93 bits per heavy atom. The quantitative estimate of drug-likeness (QED) is 0.526. The summed E-state index contributed by atoms with van der Waals surface area (Å²) in [5.74, 6) is 0.0940. The van der Waals surface area contributed by atoms with Crippen LogP contribution < -0.4 is 5.73 Å². The summed E-state index contributed by atoms with van der Waals surface area (Å²) in [7, 11) is -3.90. The van der Waals surface area contributed by atoms with E-state index in [9.17, 15) is 8.42 Å². The summed E-state index contributed by atoms with van der Waals surface area (Å²) in [5.41, 5.74) is 7.65. The highest BCUT2D eigenvalue weighted by atomic mass is 32.2. The van der Waals surface area contributed by atoms with Crippen LogP contribution in [0.2, 0.25) is 0 Å². The van der Waals surface area contributed by atoms with Crippen LogP contribution in [0, 0.1) is 0 Å². The topological polar surface area (TPSA) is 78.0 Å². The molecule has 28 heavy (non-hydrogen) atoms. The van der Waals surface area contributed by atoms with Gasteiger partial charge >= 0.3 is 0 Å². The molecule has 1 aromatic heterocycles. The maximum Gasteiger partial charge on any atom is 0.284 e. The van der Waals surface area contributed by atoms with Gasteiger partial charge in [-0.05, 0) is 24.3 Å². The summed E-state index contributed by atoms with van der Waals surface area (Å²) in [5, 5.41) is 4.41. The molecule has 0 saturated carbocycles. The molecule has 1 heterocycles. The van der Waals surface area contributed by atoms with E-state index in [1.807, 2.05) is 60.7 Å². The van der Waals surface area contributed by atoms with Gasteiger partial charge in [0.1, 0.15) is 5.69 Å². The summed E-state index contributed by atoms with van der Waals surface area (Å²) >= 11 is 1.40. The SMILES string of the molecule is Nc1c(Sc2ccccc2)c(-c2ccccc2)nn1S(=O)(=O)c1ccccc1. The van der Waals surface area contributed by atoms with E-state index < -0.39 is 10.0 Å². The minimum absolute atomic E-state index is 0.0940. The van der Waals surface area contributed by atoms with E-state index in [4.69, 9.17) is 5.73 Å². The Kier molecular flexibility index (Phi) is 4.93. The Morgan fingerprint density at radius 2 is 1.32 bits per heavy atom. The molecule has 0 fully saturated rings. The van der Waals surface area contributed by atoms with Crippen molar-refractivity contribution in [3.05, 3.63) is 91.0 Å². The number of nitrogens with two attached hydrogens (primary N) is 1. The fourth-order valence-corrected chi connectivity index (χ4v) is 5.04. The standard InChI is InChI=1S/C21H17N3O2S2/c22-21-20(27-17-12-6-2-7-13-17)19(16-10-4-1-5-11-16)23-24(21)28(25,26)18-14-8-3-9-15-18/h1-15H,22H2. The first kappa shape index (κ1) is 18.3. The maximum atomic E-state index is 13.1. The predicted molar refractivity (Wildman–Crippen MR) is 112 cm³/mol. The number of aromatic nitrogens is 2. The number of rotatable bonds is 5. The van der Waals surface area contributed by atoms with Crippen molar-refractivity contribution in [1.29, 1.82) is 0 Å². The maximum absolute atomic E-state index is 13.1. The molecule has 4 aromatic rings. The van der Waals surface area contributed by atoms with E-state index in [-0.39, 0.29) is 10.7 Å². The zero-order valence-corrected chi connectivity index (χ0v) is 16.4. The fourth-order valence-electron chi connectivity index (χ4n) is 2.77. The van der Waals surface area contributed by atoms with Gasteiger partial charge in [-0.15, -0.1) is 4.09 Å². The molecule has 7 heteroatoms. The minimum Gasteiger partial charge on any atom is -0.382 e. The van der Waals surface area contributed by atoms with Crippen molar-refractivity contribution >= 4 is 27.6 Å². The first-order chi connectivity index (χ1) is 13.6. The molecule has 0 bridgehead atoms. The average Bonchev–Trinajstić information content (AvgIpc) is 3.07. The molecule has 0 aliphatic heterocycles. The molecule has 0 amide bonds. The summed E-state index contributed by atoms with van der Waals surface area (Å²) in [6, 6.07) is 27.3. The summed E-state index contributed by atoms with van der Waals surface area (Å²) < 4.78 is 27.2. The summed E-state index contributed by atoms with van der Waals surface area (Å²) in [6.07, 6.45) is 0. The summed E-state index contributed by atoms with van der Waals surface area (Å²) in [4.78, 5) is 1.69. The van der Waals surface area contributed by atoms with Gasteiger partial charge in [-0.3, -0.25) is 0 Å². The van der Waals surface area contributed by atoms with Gasteiger partial charge in [0.2, 0.25) is 0 Å². The van der Waals surface area contributed by atoms with E-state index in [1.165, 1.54) is 23.9 Å². The van der Waals surface area contributed by atoms with Crippen molar-refractivity contribution < 1.29 is 8.42 Å². The van der Waals surface area contributed by atoms with Crippen molar-refractivity contribution in [2.24, 2.45) is 0 Å². The molecule has 0 spiro atoms. The van der Waals surface area contributed by atoms with Crippen LogP contribution in [-0.2, 0) is 10.0 Å². The van der Waals surface area contributed by atoms with Gasteiger partial charge in [-0.25, -0.2) is 0 Å². The van der Waals surface area contributed by atoms with Crippen molar-refractivity contribution in [2.45, 2.75) is 14.7 Å². The van der Waals surface area contributed by atoms with Crippen molar-refractivity contribution in [3.8, 4) is 11.3 Å². The first-order valence-electron chi connectivity index (χ1n) is 8.55. The second kappa shape index (κ2) is 7.53. The third-order valence-corrected chi connectivity index (χ3v) is 6.84. The molecular weight excluding hydrogens is 390 g/mol. The summed E-state index contributed by atoms with van der Waals surface area (Å²) in [6.45, 7) is 0. The van der Waals surface area contributed by atoms with Gasteiger partial charge in [0.05, 0.1) is 9.79 Å². The van der Waals surface area contributed by atoms with Gasteiger partial charge in [0.25, 0.3) is 10.0 Å². The van der Waals surface area contributed by atoms with Crippen LogP contribution in [0.3, 0.4) is 0 Å². The molecule has 140 valence electrons. The Hall–Kier alpha value is -3.03. The van der Waals surface area contributed by atoms with Crippen LogP contribution in [0.1, 0.15) is 0 Å². The minimum atomic E-state index is -3.90. The number of nitrogen functional groups attached to an aromatic ring is 1. The molecular formula is C21H17N3O2S2. The molecule has 0 atom stereocenters. The average molecular weight is 408 g/mol. The molecule has 0 aliphatic rings. The Morgan fingerprint density at radius 1 is 0.786 bits per heavy atom. The van der Waals surface area contributed by atoms with Crippen LogP contribution in [0.25, 0.3) is 11.3 Å². The van der Waals surface area contributed by atoms with Crippen LogP contribution in [0.4, 0.5) is 5.82 Å². The smallest absolute Gasteiger partial charge is 0.284 e. The van der Waals surface area contributed by atoms with E-state index in [0.717, 1.165) is 14.5 Å². The molecule has 2 N–H and O–H groups in total. The van der Waals surface area contributed by atoms with Gasteiger partial charge < -0.3 is 5.73 Å². The highest BCUT2D eigenvalue weighted by Gasteiger charge is 2.26. The second-order valence-electron chi connectivity index (χ2n) is 6.01. The molecule has 0 radical (unpaired) electrons. The highest BCUT2D eigenvalue weighted by molar-refractivity contribution is 7.99. The largest absolute Gasteiger partial charge is 0.382 e. The van der Waals surface area contributed by atoms with Crippen LogP contribution >= 0.6 is 11.8 Å². The second-order valence-corrected chi connectivity index (χ2v) is 8.86. The fraction of sp³-hybridized carbons (Fsp3) is 0. The van der Waals surface area contributed by atoms with Gasteiger partial charge in [0.15, 0.2) is 5.82 Å². The third-order valence-electron chi connectivity index (χ3n) is 4.12. The predicted octanol–water partition coefficient (Wildman–Crippen LogP) is 4.52. The van der Waals surface area contributed by atoms with E-state index in [0.29, 0.717) is 10.6 Å². The number of nitrogens with zero attached hydrogens (tertiary/aromatic N) is 2. The molecule has 5 nitrogen and oxygen atoms in total. The van der Waals surface area contributed by atoms with Crippen LogP contribution in [-0.4, -0.2) is 17.6 Å². The number of benzene rings is 3. The number of hydrogen-bond donors (Lipinski definition) is 1. The zero-order valence-electron chi connectivity index (χ0n) is 14.8. The van der Waals surface area contributed by atoms with Gasteiger partial charge in [0, 0.05) is 10.5 Å². The first-order valence-corrected chi connectivity index (χ1v) is 10.8. The lowest BCUT2D eigenvalue weighted by atomic mass is 10.1. The van der Waals surface area contributed by atoms with Gasteiger partial charge in [-0.2, -0.15) is 13.5 Å². The molecule has 0 unspecified atom stereocenters. The third kappa shape index (κ3) is 3.42. The monoisotopic (exact) mass is 407 g/mol. The Bertz CT molecular complexity index is 1190. The van der Waals surface area contributed by atoms with E-state index in [1.54, 1.807) is 18.2 Å². The van der Waals surface area contributed by atoms with E-state index in [2.05, 4.69) is 5.10 Å². The normalized spacial score (nSPS) is 11.4. The van der Waals surface area contributed by atoms with Crippen molar-refractivity contribution in [3.63, 3.8) is 0 Å². The van der Waals surface area contributed by atoms with Gasteiger partial charge in [-0.1, -0.05) is 78.5 Å². The molecule has 0 aliphatic carbocycles. The Balaban J connectivity index is 1.90. The molecule has 3 aromatic carbocycles. The zero-order chi connectivity index (χ0) is 19.6. The van der Waals surface area contributed by atoms with Crippen LogP contribution in [0.5, 0.6) is 0 Å².